The van der Waals surface area contributed by atoms with Gasteiger partial charge in [-0.2, -0.15) is 0 Å². The van der Waals surface area contributed by atoms with Crippen molar-refractivity contribution in [2.45, 2.75) is 39.3 Å². The molecule has 0 aliphatic carbocycles. The van der Waals surface area contributed by atoms with Gasteiger partial charge in [-0.05, 0) is 57.4 Å². The molecule has 10 heteroatoms. The van der Waals surface area contributed by atoms with Crippen LogP contribution in [0, 0.1) is 5.92 Å². The molecule has 8 nitrogen and oxygen atoms in total. The zero-order valence-electron chi connectivity index (χ0n) is 18.8. The van der Waals surface area contributed by atoms with Crippen molar-refractivity contribution in [3.05, 3.63) is 56.4 Å². The van der Waals surface area contributed by atoms with Crippen molar-refractivity contribution in [1.82, 2.24) is 19.4 Å². The van der Waals surface area contributed by atoms with Crippen molar-refractivity contribution in [2.24, 2.45) is 5.92 Å². The van der Waals surface area contributed by atoms with Crippen LogP contribution in [-0.2, 0) is 11.3 Å². The molecule has 1 atom stereocenters. The number of hydrogen-bond donors (Lipinski definition) is 2. The van der Waals surface area contributed by atoms with Gasteiger partial charge in [-0.3, -0.25) is 4.57 Å². The number of pyridine rings is 1. The van der Waals surface area contributed by atoms with Crippen LogP contribution >= 0.6 is 23.2 Å². The monoisotopic (exact) mass is 491 g/mol. The fraction of sp³-hybridized carbons (Fsp3) is 0.435. The first-order valence-corrected chi connectivity index (χ1v) is 11.6. The fourth-order valence-electron chi connectivity index (χ4n) is 3.86. The Hall–Kier alpha value is -2.71. The summed E-state index contributed by atoms with van der Waals surface area (Å²) in [6.45, 7) is 7.75. The summed E-state index contributed by atoms with van der Waals surface area (Å²) in [6.07, 6.45) is 0.605. The molecule has 2 N–H and O–H groups in total. The van der Waals surface area contributed by atoms with Gasteiger partial charge in [0, 0.05) is 35.2 Å². The quantitative estimate of drug-likeness (QED) is 0.537. The molecule has 1 aliphatic heterocycles. The molecule has 4 rings (SSSR count). The summed E-state index contributed by atoms with van der Waals surface area (Å²) in [6, 6.07) is 8.89. The molecule has 0 bridgehead atoms. The Balaban J connectivity index is 1.45. The van der Waals surface area contributed by atoms with Crippen LogP contribution in [-0.4, -0.2) is 50.8 Å². The maximum atomic E-state index is 12.6. The molecule has 1 unspecified atom stereocenters. The van der Waals surface area contributed by atoms with Crippen LogP contribution in [0.4, 0.5) is 10.6 Å². The van der Waals surface area contributed by atoms with Crippen molar-refractivity contribution in [3.63, 3.8) is 0 Å². The normalized spacial score (nSPS) is 16.4. The molecule has 0 saturated carbocycles. The number of likely N-dealkylation sites (tertiary alicyclic amines) is 1. The number of aromatic amines is 1. The van der Waals surface area contributed by atoms with Gasteiger partial charge in [0.15, 0.2) is 5.65 Å². The Labute approximate surface area is 201 Å². The van der Waals surface area contributed by atoms with Crippen LogP contribution < -0.4 is 11.0 Å². The van der Waals surface area contributed by atoms with Gasteiger partial charge in [-0.25, -0.2) is 14.6 Å². The van der Waals surface area contributed by atoms with Gasteiger partial charge in [0.1, 0.15) is 11.4 Å². The largest absolute Gasteiger partial charge is 0.444 e. The molecule has 1 aromatic carbocycles. The molecule has 0 radical (unpaired) electrons. The van der Waals surface area contributed by atoms with Crippen molar-refractivity contribution >= 4 is 46.3 Å². The van der Waals surface area contributed by atoms with Crippen molar-refractivity contribution < 1.29 is 9.53 Å². The number of ether oxygens (including phenoxy) is 1. The van der Waals surface area contributed by atoms with E-state index >= 15 is 0 Å². The van der Waals surface area contributed by atoms with E-state index in [2.05, 4.69) is 15.3 Å². The van der Waals surface area contributed by atoms with E-state index in [4.69, 9.17) is 27.9 Å². The zero-order valence-corrected chi connectivity index (χ0v) is 20.3. The summed E-state index contributed by atoms with van der Waals surface area (Å²) >= 11 is 12.6. The van der Waals surface area contributed by atoms with Crippen molar-refractivity contribution in [3.8, 4) is 0 Å². The highest BCUT2D eigenvalue weighted by Crippen LogP contribution is 2.26. The van der Waals surface area contributed by atoms with Crippen LogP contribution in [0.5, 0.6) is 0 Å². The standard InChI is InChI=1S/C23H27Cl2N5O3/c1-23(2,3)33-22(32)29-10-9-14(12-29)11-26-19-8-7-18-20(28-19)30(21(31)27-18)13-15-16(24)5-4-6-17(15)25/h4-8,14H,9-13H2,1-3H3,(H,26,28)(H,27,31). The average molecular weight is 492 g/mol. The topological polar surface area (TPSA) is 92.3 Å². The number of benzene rings is 1. The Morgan fingerprint density at radius 2 is 1.97 bits per heavy atom. The Bertz CT molecular complexity index is 1210. The molecule has 1 saturated heterocycles. The minimum absolute atomic E-state index is 0.210. The van der Waals surface area contributed by atoms with E-state index in [1.54, 1.807) is 23.1 Å². The van der Waals surface area contributed by atoms with E-state index in [0.29, 0.717) is 52.2 Å². The van der Waals surface area contributed by atoms with E-state index in [0.717, 1.165) is 6.42 Å². The van der Waals surface area contributed by atoms with Gasteiger partial charge < -0.3 is 19.9 Å². The third-order valence-corrected chi connectivity index (χ3v) is 6.21. The van der Waals surface area contributed by atoms with Gasteiger partial charge in [-0.1, -0.05) is 29.3 Å². The highest BCUT2D eigenvalue weighted by Gasteiger charge is 2.29. The Morgan fingerprint density at radius 3 is 2.67 bits per heavy atom. The second-order valence-corrected chi connectivity index (χ2v) is 10.1. The number of hydrogen-bond acceptors (Lipinski definition) is 5. The fourth-order valence-corrected chi connectivity index (χ4v) is 4.37. The predicted octanol–water partition coefficient (Wildman–Crippen LogP) is 4.75. The number of H-pyrrole nitrogens is 1. The minimum atomic E-state index is -0.507. The Morgan fingerprint density at radius 1 is 1.24 bits per heavy atom. The van der Waals surface area contributed by atoms with Gasteiger partial charge >= 0.3 is 11.8 Å². The summed E-state index contributed by atoms with van der Waals surface area (Å²) in [7, 11) is 0. The number of carbonyl (C=O) groups is 1. The third kappa shape index (κ3) is 5.45. The minimum Gasteiger partial charge on any atom is -0.444 e. The van der Waals surface area contributed by atoms with Crippen molar-refractivity contribution in [1.29, 1.82) is 0 Å². The maximum absolute atomic E-state index is 12.6. The van der Waals surface area contributed by atoms with Gasteiger partial charge in [0.05, 0.1) is 12.1 Å². The number of rotatable bonds is 5. The molecule has 0 spiro atoms. The molecule has 176 valence electrons. The van der Waals surface area contributed by atoms with E-state index in [-0.39, 0.29) is 24.2 Å². The molecule has 1 amide bonds. The number of halogens is 2. The number of aromatic nitrogens is 3. The zero-order chi connectivity index (χ0) is 23.8. The Kier molecular flexibility index (Phi) is 6.59. The molecular formula is C23H27Cl2N5O3. The second-order valence-electron chi connectivity index (χ2n) is 9.25. The predicted molar refractivity (Wildman–Crippen MR) is 130 cm³/mol. The summed E-state index contributed by atoms with van der Waals surface area (Å²) in [5, 5.41) is 4.33. The first kappa shape index (κ1) is 23.4. The number of carbonyl (C=O) groups excluding carboxylic acids is 1. The number of nitrogens with one attached hydrogen (secondary N) is 2. The number of nitrogens with zero attached hydrogens (tertiary/aromatic N) is 3. The van der Waals surface area contributed by atoms with Crippen molar-refractivity contribution in [2.75, 3.05) is 25.0 Å². The number of amides is 1. The molecular weight excluding hydrogens is 465 g/mol. The van der Waals surface area contributed by atoms with Gasteiger partial charge in [0.25, 0.3) is 0 Å². The highest BCUT2D eigenvalue weighted by molar-refractivity contribution is 6.36. The maximum Gasteiger partial charge on any atom is 0.410 e. The molecule has 2 aromatic heterocycles. The molecule has 33 heavy (non-hydrogen) atoms. The van der Waals surface area contributed by atoms with E-state index < -0.39 is 5.60 Å². The molecule has 3 aromatic rings. The van der Waals surface area contributed by atoms with Crippen LogP contribution in [0.25, 0.3) is 11.2 Å². The first-order valence-electron chi connectivity index (χ1n) is 10.8. The lowest BCUT2D eigenvalue weighted by Gasteiger charge is -2.24. The number of anilines is 1. The van der Waals surface area contributed by atoms with Gasteiger partial charge in [0.2, 0.25) is 0 Å². The van der Waals surface area contributed by atoms with Crippen LogP contribution in [0.15, 0.2) is 35.1 Å². The summed E-state index contributed by atoms with van der Waals surface area (Å²) in [4.78, 5) is 34.0. The first-order chi connectivity index (χ1) is 15.6. The summed E-state index contributed by atoms with van der Waals surface area (Å²) in [5.74, 6) is 0.932. The second kappa shape index (κ2) is 9.27. The smallest absolute Gasteiger partial charge is 0.410 e. The lowest BCUT2D eigenvalue weighted by molar-refractivity contribution is 0.0289. The third-order valence-electron chi connectivity index (χ3n) is 5.50. The van der Waals surface area contributed by atoms with E-state index in [9.17, 15) is 9.59 Å². The summed E-state index contributed by atoms with van der Waals surface area (Å²) < 4.78 is 6.98. The number of imidazole rings is 1. The SMILES string of the molecule is CC(C)(C)OC(=O)N1CCC(CNc2ccc3[nH]c(=O)n(Cc4c(Cl)cccc4Cl)c3n2)C1. The van der Waals surface area contributed by atoms with Gasteiger partial charge in [-0.15, -0.1) is 0 Å². The average Bonchev–Trinajstić information content (AvgIpc) is 3.32. The van der Waals surface area contributed by atoms with E-state index in [1.165, 1.54) is 4.57 Å². The number of fused-ring (bicyclic) bond motifs is 1. The van der Waals surface area contributed by atoms with E-state index in [1.807, 2.05) is 32.9 Å². The lowest BCUT2D eigenvalue weighted by atomic mass is 10.1. The van der Waals surface area contributed by atoms with Crippen LogP contribution in [0.3, 0.4) is 0 Å². The molecule has 1 aliphatic rings. The lowest BCUT2D eigenvalue weighted by Crippen LogP contribution is -2.35. The van der Waals surface area contributed by atoms with Crippen LogP contribution in [0.1, 0.15) is 32.8 Å². The van der Waals surface area contributed by atoms with Crippen LogP contribution in [0.2, 0.25) is 10.0 Å². The molecule has 3 heterocycles. The molecule has 1 fully saturated rings. The summed E-state index contributed by atoms with van der Waals surface area (Å²) in [5.41, 5.74) is 1.02. The highest BCUT2D eigenvalue weighted by atomic mass is 35.5.